The van der Waals surface area contributed by atoms with E-state index in [1.807, 2.05) is 13.0 Å². The van der Waals surface area contributed by atoms with E-state index in [0.29, 0.717) is 6.54 Å². The highest BCUT2D eigenvalue weighted by Crippen LogP contribution is 2.03. The SMILES string of the molecule is Cc1cc(C[NH+]2CCN(C(=S)NCc3ccc(F)cc3)CC2)no1. The first-order chi connectivity index (χ1) is 11.6. The van der Waals surface area contributed by atoms with Gasteiger partial charge >= 0.3 is 0 Å². The van der Waals surface area contributed by atoms with Crippen LogP contribution in [0.15, 0.2) is 34.9 Å². The molecular weight excluding hydrogens is 327 g/mol. The third-order valence-electron chi connectivity index (χ3n) is 4.22. The van der Waals surface area contributed by atoms with Gasteiger partial charge in [-0.15, -0.1) is 0 Å². The molecule has 0 amide bonds. The van der Waals surface area contributed by atoms with Crippen molar-refractivity contribution < 1.29 is 13.8 Å². The number of nitrogens with zero attached hydrogens (tertiary/aromatic N) is 2. The van der Waals surface area contributed by atoms with Crippen molar-refractivity contribution in [2.75, 3.05) is 26.2 Å². The van der Waals surface area contributed by atoms with Crippen molar-refractivity contribution in [2.45, 2.75) is 20.0 Å². The molecule has 0 unspecified atom stereocenters. The molecule has 0 aliphatic carbocycles. The van der Waals surface area contributed by atoms with Crippen molar-refractivity contribution in [1.29, 1.82) is 0 Å². The number of piperazine rings is 1. The van der Waals surface area contributed by atoms with Gasteiger partial charge in [0.1, 0.15) is 23.8 Å². The first kappa shape index (κ1) is 16.9. The number of nitrogens with one attached hydrogen (secondary N) is 2. The van der Waals surface area contributed by atoms with Crippen LogP contribution >= 0.6 is 12.2 Å². The van der Waals surface area contributed by atoms with Crippen LogP contribution in [0.5, 0.6) is 0 Å². The molecule has 1 saturated heterocycles. The van der Waals surface area contributed by atoms with E-state index in [0.717, 1.165) is 54.9 Å². The second kappa shape index (κ2) is 7.72. The number of rotatable bonds is 4. The lowest BCUT2D eigenvalue weighted by Gasteiger charge is -2.33. The van der Waals surface area contributed by atoms with E-state index in [9.17, 15) is 4.39 Å². The van der Waals surface area contributed by atoms with Gasteiger partial charge in [0.2, 0.25) is 0 Å². The maximum atomic E-state index is 12.9. The smallest absolute Gasteiger partial charge is 0.169 e. The highest BCUT2D eigenvalue weighted by atomic mass is 32.1. The zero-order chi connectivity index (χ0) is 16.9. The molecule has 2 heterocycles. The van der Waals surface area contributed by atoms with E-state index in [4.69, 9.17) is 16.7 Å². The van der Waals surface area contributed by atoms with Crippen molar-refractivity contribution in [2.24, 2.45) is 0 Å². The lowest BCUT2D eigenvalue weighted by Crippen LogP contribution is -3.13. The van der Waals surface area contributed by atoms with Crippen LogP contribution in [-0.4, -0.2) is 41.3 Å². The monoisotopic (exact) mass is 349 g/mol. The Labute approximate surface area is 146 Å². The van der Waals surface area contributed by atoms with E-state index in [1.54, 1.807) is 12.1 Å². The fraction of sp³-hybridized carbons (Fsp3) is 0.412. The summed E-state index contributed by atoms with van der Waals surface area (Å²) < 4.78 is 18.0. The van der Waals surface area contributed by atoms with Gasteiger partial charge in [-0.1, -0.05) is 17.3 Å². The number of aromatic nitrogens is 1. The average Bonchev–Trinajstić information content (AvgIpc) is 2.99. The number of benzene rings is 1. The molecule has 0 radical (unpaired) electrons. The van der Waals surface area contributed by atoms with Crippen molar-refractivity contribution in [3.05, 3.63) is 53.2 Å². The van der Waals surface area contributed by atoms with Crippen LogP contribution in [0, 0.1) is 12.7 Å². The van der Waals surface area contributed by atoms with Crippen molar-refractivity contribution in [3.8, 4) is 0 Å². The molecular formula is C17H22FN4OS+. The predicted octanol–water partition coefficient (Wildman–Crippen LogP) is 0.897. The van der Waals surface area contributed by atoms with Gasteiger partial charge in [-0.25, -0.2) is 4.39 Å². The maximum Gasteiger partial charge on any atom is 0.169 e. The topological polar surface area (TPSA) is 45.7 Å². The van der Waals surface area contributed by atoms with E-state index in [-0.39, 0.29) is 5.82 Å². The second-order valence-corrected chi connectivity index (χ2v) is 6.51. The highest BCUT2D eigenvalue weighted by molar-refractivity contribution is 7.80. The van der Waals surface area contributed by atoms with E-state index in [2.05, 4.69) is 15.4 Å². The van der Waals surface area contributed by atoms with Crippen LogP contribution in [0.2, 0.25) is 0 Å². The molecule has 0 atom stereocenters. The molecule has 0 bridgehead atoms. The third kappa shape index (κ3) is 4.52. The summed E-state index contributed by atoms with van der Waals surface area (Å²) in [5.41, 5.74) is 2.03. The zero-order valence-corrected chi connectivity index (χ0v) is 14.5. The fourth-order valence-electron chi connectivity index (χ4n) is 2.85. The van der Waals surface area contributed by atoms with Gasteiger partial charge in [-0.3, -0.25) is 0 Å². The van der Waals surface area contributed by atoms with Crippen molar-refractivity contribution in [3.63, 3.8) is 0 Å². The Balaban J connectivity index is 1.42. The quantitative estimate of drug-likeness (QED) is 0.803. The summed E-state index contributed by atoms with van der Waals surface area (Å²) in [6.45, 7) is 7.29. The first-order valence-electron chi connectivity index (χ1n) is 8.13. The molecule has 1 aromatic heterocycles. The predicted molar refractivity (Wildman–Crippen MR) is 93.1 cm³/mol. The van der Waals surface area contributed by atoms with Gasteiger partial charge < -0.3 is 19.6 Å². The Kier molecular flexibility index (Phi) is 5.42. The number of hydrogen-bond donors (Lipinski definition) is 2. The van der Waals surface area contributed by atoms with Crippen LogP contribution in [0.25, 0.3) is 0 Å². The summed E-state index contributed by atoms with van der Waals surface area (Å²) in [5, 5.41) is 8.07. The molecule has 1 fully saturated rings. The van der Waals surface area contributed by atoms with Crippen LogP contribution in [0.3, 0.4) is 0 Å². The molecule has 7 heteroatoms. The number of aryl methyl sites for hydroxylation is 1. The van der Waals surface area contributed by atoms with Crippen LogP contribution in [0.4, 0.5) is 4.39 Å². The lowest BCUT2D eigenvalue weighted by atomic mass is 10.2. The highest BCUT2D eigenvalue weighted by Gasteiger charge is 2.22. The number of thiocarbonyl (C=S) groups is 1. The summed E-state index contributed by atoms with van der Waals surface area (Å²) in [5.74, 6) is 0.636. The summed E-state index contributed by atoms with van der Waals surface area (Å²) in [4.78, 5) is 3.68. The molecule has 0 saturated carbocycles. The van der Waals surface area contributed by atoms with Crippen molar-refractivity contribution >= 4 is 17.3 Å². The largest absolute Gasteiger partial charge is 0.361 e. The number of hydrogen-bond acceptors (Lipinski definition) is 3. The summed E-state index contributed by atoms with van der Waals surface area (Å²) >= 11 is 5.47. The third-order valence-corrected chi connectivity index (χ3v) is 4.63. The molecule has 2 aromatic rings. The molecule has 3 rings (SSSR count). The zero-order valence-electron chi connectivity index (χ0n) is 13.7. The first-order valence-corrected chi connectivity index (χ1v) is 8.54. The average molecular weight is 349 g/mol. The van der Waals surface area contributed by atoms with E-state index >= 15 is 0 Å². The van der Waals surface area contributed by atoms with Gasteiger partial charge in [0, 0.05) is 12.6 Å². The number of quaternary nitrogens is 1. The van der Waals surface area contributed by atoms with Gasteiger partial charge in [-0.2, -0.15) is 0 Å². The minimum Gasteiger partial charge on any atom is -0.361 e. The van der Waals surface area contributed by atoms with Gasteiger partial charge in [0.05, 0.1) is 26.2 Å². The Morgan fingerprint density at radius 1 is 1.33 bits per heavy atom. The van der Waals surface area contributed by atoms with Crippen LogP contribution < -0.4 is 10.2 Å². The summed E-state index contributed by atoms with van der Waals surface area (Å²) in [6.07, 6.45) is 0. The molecule has 24 heavy (non-hydrogen) atoms. The van der Waals surface area contributed by atoms with E-state index < -0.39 is 0 Å². The summed E-state index contributed by atoms with van der Waals surface area (Å²) in [7, 11) is 0. The molecule has 1 aromatic carbocycles. The molecule has 0 spiro atoms. The Morgan fingerprint density at radius 3 is 2.67 bits per heavy atom. The molecule has 128 valence electrons. The molecule has 2 N–H and O–H groups in total. The normalized spacial score (nSPS) is 15.5. The van der Waals surface area contributed by atoms with Gasteiger partial charge in [-0.05, 0) is 36.8 Å². The fourth-order valence-corrected chi connectivity index (χ4v) is 3.11. The Bertz CT molecular complexity index is 680. The minimum absolute atomic E-state index is 0.220. The molecule has 1 aliphatic heterocycles. The number of halogens is 1. The summed E-state index contributed by atoms with van der Waals surface area (Å²) in [6, 6.07) is 8.47. The molecule has 5 nitrogen and oxygen atoms in total. The van der Waals surface area contributed by atoms with Gasteiger partial charge in [0.15, 0.2) is 5.11 Å². The second-order valence-electron chi connectivity index (χ2n) is 6.13. The Hall–Kier alpha value is -1.99. The van der Waals surface area contributed by atoms with Crippen LogP contribution in [-0.2, 0) is 13.1 Å². The minimum atomic E-state index is -0.220. The Morgan fingerprint density at radius 2 is 2.04 bits per heavy atom. The lowest BCUT2D eigenvalue weighted by molar-refractivity contribution is -0.917. The van der Waals surface area contributed by atoms with Gasteiger partial charge in [0.25, 0.3) is 0 Å². The standard InChI is InChI=1S/C17H21FN4OS/c1-13-10-16(20-23-13)12-21-6-8-22(9-7-21)17(24)19-11-14-2-4-15(18)5-3-14/h2-5,10H,6-9,11-12H2,1H3,(H,19,24)/p+1. The molecule has 1 aliphatic rings. The maximum absolute atomic E-state index is 12.9. The van der Waals surface area contributed by atoms with E-state index in [1.165, 1.54) is 17.0 Å². The van der Waals surface area contributed by atoms with Crippen LogP contribution in [0.1, 0.15) is 17.0 Å². The van der Waals surface area contributed by atoms with Crippen molar-refractivity contribution in [1.82, 2.24) is 15.4 Å².